The average molecular weight is 314 g/mol. The van der Waals surface area contributed by atoms with Gasteiger partial charge in [0.15, 0.2) is 0 Å². The number of hydrogen-bond acceptors (Lipinski definition) is 5. The maximum absolute atomic E-state index is 12.5. The average Bonchev–Trinajstić information content (AvgIpc) is 2.96. The second kappa shape index (κ2) is 5.65. The van der Waals surface area contributed by atoms with Crippen LogP contribution in [0, 0.1) is 6.92 Å². The van der Waals surface area contributed by atoms with Crippen LogP contribution in [0.4, 0.5) is 0 Å². The van der Waals surface area contributed by atoms with Crippen molar-refractivity contribution >= 4 is 21.4 Å². The molecule has 0 aliphatic rings. The van der Waals surface area contributed by atoms with E-state index in [1.807, 2.05) is 6.92 Å². The van der Waals surface area contributed by atoms with E-state index in [-0.39, 0.29) is 4.90 Å². The van der Waals surface area contributed by atoms with Gasteiger partial charge in [-0.2, -0.15) is 4.31 Å². The molecule has 0 unspecified atom stereocenters. The smallest absolute Gasteiger partial charge is 0.244 e. The van der Waals surface area contributed by atoms with Crippen molar-refractivity contribution in [3.8, 4) is 0 Å². The molecule has 0 saturated heterocycles. The van der Waals surface area contributed by atoms with Gasteiger partial charge in [0.2, 0.25) is 10.0 Å². The molecule has 2 aromatic rings. The van der Waals surface area contributed by atoms with Crippen molar-refractivity contribution in [2.24, 2.45) is 12.8 Å². The molecule has 0 aromatic carbocycles. The Morgan fingerprint density at radius 3 is 2.70 bits per heavy atom. The van der Waals surface area contributed by atoms with Crippen LogP contribution in [0.2, 0.25) is 0 Å². The number of nitrogens with zero attached hydrogens (tertiary/aromatic N) is 3. The number of aryl methyl sites for hydroxylation is 2. The first kappa shape index (κ1) is 15.2. The fourth-order valence-electron chi connectivity index (χ4n) is 1.87. The Kier molecular flexibility index (Phi) is 4.28. The summed E-state index contributed by atoms with van der Waals surface area (Å²) >= 11 is 1.46. The van der Waals surface area contributed by atoms with E-state index in [9.17, 15) is 8.42 Å². The Hall–Kier alpha value is -1.22. The van der Waals surface area contributed by atoms with E-state index >= 15 is 0 Å². The molecule has 0 radical (unpaired) electrons. The van der Waals surface area contributed by atoms with E-state index in [1.165, 1.54) is 15.6 Å². The zero-order valence-corrected chi connectivity index (χ0v) is 13.3. The maximum atomic E-state index is 12.5. The van der Waals surface area contributed by atoms with Gasteiger partial charge in [0, 0.05) is 44.0 Å². The Bertz CT molecular complexity index is 703. The molecule has 0 spiro atoms. The summed E-state index contributed by atoms with van der Waals surface area (Å²) in [5, 5.41) is 0. The minimum atomic E-state index is -3.51. The predicted molar refractivity (Wildman–Crippen MR) is 78.8 cm³/mol. The van der Waals surface area contributed by atoms with Crippen molar-refractivity contribution < 1.29 is 8.42 Å². The highest BCUT2D eigenvalue weighted by atomic mass is 32.2. The van der Waals surface area contributed by atoms with E-state index in [4.69, 9.17) is 5.73 Å². The number of rotatable bonds is 5. The molecular weight excluding hydrogens is 296 g/mol. The molecule has 0 atom stereocenters. The quantitative estimate of drug-likeness (QED) is 0.895. The first-order chi connectivity index (χ1) is 9.36. The summed E-state index contributed by atoms with van der Waals surface area (Å²) in [6, 6.07) is 1.62. The maximum Gasteiger partial charge on any atom is 0.244 e. The fourth-order valence-corrected chi connectivity index (χ4v) is 4.01. The van der Waals surface area contributed by atoms with Gasteiger partial charge in [0.05, 0.1) is 11.2 Å². The van der Waals surface area contributed by atoms with E-state index in [0.717, 1.165) is 16.3 Å². The summed E-state index contributed by atoms with van der Waals surface area (Å²) in [7, 11) is -0.148. The molecule has 110 valence electrons. The Morgan fingerprint density at radius 1 is 1.50 bits per heavy atom. The van der Waals surface area contributed by atoms with Crippen LogP contribution in [0.15, 0.2) is 22.7 Å². The second-order valence-corrected chi connectivity index (χ2v) is 7.59. The molecule has 0 saturated carbocycles. The van der Waals surface area contributed by atoms with Crippen molar-refractivity contribution in [2.45, 2.75) is 24.9 Å². The second-order valence-electron chi connectivity index (χ2n) is 4.60. The standard InChI is InChI=1S/C12H18N4O2S2/c1-9-12(19-8-14-9)7-16(3)20(17,18)11-4-10(5-13)15(2)6-11/h4,6,8H,5,7,13H2,1-3H3. The molecule has 0 aliphatic carbocycles. The number of sulfonamides is 1. The van der Waals surface area contributed by atoms with Crippen LogP contribution in [0.1, 0.15) is 16.3 Å². The van der Waals surface area contributed by atoms with Crippen LogP contribution < -0.4 is 5.73 Å². The molecule has 2 heterocycles. The number of nitrogens with two attached hydrogens (primary N) is 1. The molecule has 2 rings (SSSR count). The lowest BCUT2D eigenvalue weighted by Gasteiger charge is -2.15. The van der Waals surface area contributed by atoms with Crippen LogP contribution >= 0.6 is 11.3 Å². The zero-order valence-electron chi connectivity index (χ0n) is 11.7. The third-order valence-corrected chi connectivity index (χ3v) is 5.90. The molecule has 0 aliphatic heterocycles. The molecule has 20 heavy (non-hydrogen) atoms. The predicted octanol–water partition coefficient (Wildman–Crippen LogP) is 1.07. The van der Waals surface area contributed by atoms with Crippen molar-refractivity contribution in [1.82, 2.24) is 13.9 Å². The van der Waals surface area contributed by atoms with E-state index in [1.54, 1.807) is 36.4 Å². The molecule has 0 bridgehead atoms. The first-order valence-electron chi connectivity index (χ1n) is 6.07. The molecule has 0 amide bonds. The van der Waals surface area contributed by atoms with Crippen LogP contribution in [0.25, 0.3) is 0 Å². The molecule has 6 nitrogen and oxygen atoms in total. The van der Waals surface area contributed by atoms with Crippen molar-refractivity contribution in [3.63, 3.8) is 0 Å². The van der Waals surface area contributed by atoms with Gasteiger partial charge >= 0.3 is 0 Å². The summed E-state index contributed by atoms with van der Waals surface area (Å²) in [6.45, 7) is 2.51. The highest BCUT2D eigenvalue weighted by Crippen LogP contribution is 2.21. The lowest BCUT2D eigenvalue weighted by molar-refractivity contribution is 0.468. The highest BCUT2D eigenvalue weighted by Gasteiger charge is 2.24. The monoisotopic (exact) mass is 314 g/mol. The van der Waals surface area contributed by atoms with Crippen molar-refractivity contribution in [2.75, 3.05) is 7.05 Å². The fraction of sp³-hybridized carbons (Fsp3) is 0.417. The van der Waals surface area contributed by atoms with Crippen LogP contribution in [-0.4, -0.2) is 29.3 Å². The minimum Gasteiger partial charge on any atom is -0.352 e. The van der Waals surface area contributed by atoms with E-state index < -0.39 is 10.0 Å². The lowest BCUT2D eigenvalue weighted by Crippen LogP contribution is -2.26. The van der Waals surface area contributed by atoms with Gasteiger partial charge in [0.25, 0.3) is 0 Å². The third-order valence-electron chi connectivity index (χ3n) is 3.21. The lowest BCUT2D eigenvalue weighted by atomic mass is 10.4. The number of hydrogen-bond donors (Lipinski definition) is 1. The van der Waals surface area contributed by atoms with Gasteiger partial charge in [-0.1, -0.05) is 0 Å². The summed E-state index contributed by atoms with van der Waals surface area (Å²) in [5.41, 5.74) is 8.95. The van der Waals surface area contributed by atoms with Crippen LogP contribution in [-0.2, 0) is 30.2 Å². The Morgan fingerprint density at radius 2 is 2.20 bits per heavy atom. The summed E-state index contributed by atoms with van der Waals surface area (Å²) in [4.78, 5) is 5.35. The SMILES string of the molecule is Cc1ncsc1CN(C)S(=O)(=O)c1cc(CN)n(C)c1. The van der Waals surface area contributed by atoms with E-state index in [2.05, 4.69) is 4.98 Å². The molecule has 0 fully saturated rings. The normalized spacial score (nSPS) is 12.2. The molecular formula is C12H18N4O2S2. The number of aromatic nitrogens is 2. The van der Waals surface area contributed by atoms with Gasteiger partial charge in [0.1, 0.15) is 4.90 Å². The van der Waals surface area contributed by atoms with Gasteiger partial charge in [-0.15, -0.1) is 11.3 Å². The van der Waals surface area contributed by atoms with E-state index in [0.29, 0.717) is 13.1 Å². The van der Waals surface area contributed by atoms with Crippen molar-refractivity contribution in [3.05, 3.63) is 34.0 Å². The molecule has 2 aromatic heterocycles. The summed E-state index contributed by atoms with van der Waals surface area (Å²) < 4.78 is 28.1. The molecule has 8 heteroatoms. The molecule has 2 N–H and O–H groups in total. The van der Waals surface area contributed by atoms with Gasteiger partial charge in [-0.3, -0.25) is 0 Å². The summed E-state index contributed by atoms with van der Waals surface area (Å²) in [6.07, 6.45) is 1.59. The highest BCUT2D eigenvalue weighted by molar-refractivity contribution is 7.89. The Labute approximate surface area is 122 Å². The van der Waals surface area contributed by atoms with Gasteiger partial charge < -0.3 is 10.3 Å². The third kappa shape index (κ3) is 2.78. The van der Waals surface area contributed by atoms with Crippen molar-refractivity contribution in [1.29, 1.82) is 0 Å². The van der Waals surface area contributed by atoms with Crippen LogP contribution in [0.5, 0.6) is 0 Å². The summed E-state index contributed by atoms with van der Waals surface area (Å²) in [5.74, 6) is 0. The van der Waals surface area contributed by atoms with Crippen LogP contribution in [0.3, 0.4) is 0 Å². The largest absolute Gasteiger partial charge is 0.352 e. The van der Waals surface area contributed by atoms with Gasteiger partial charge in [-0.05, 0) is 13.0 Å². The topological polar surface area (TPSA) is 81.2 Å². The first-order valence-corrected chi connectivity index (χ1v) is 8.39. The Balaban J connectivity index is 2.27. The minimum absolute atomic E-state index is 0.269. The number of thiazole rings is 1. The zero-order chi connectivity index (χ0) is 14.9. The van der Waals surface area contributed by atoms with Gasteiger partial charge in [-0.25, -0.2) is 13.4 Å².